The maximum atomic E-state index is 10.2. The SMILES string of the molecule is CC.CC(C)C1(CCCC2CCC3C4CC=C5CC(O)CCC5(C)C4CCC23C)CCC1. The molecule has 5 aliphatic rings. The standard InChI is InChI=1S/C29H48O.C2H6/c1-20(2)29(15-6-16-29)14-5-7-21-9-11-25-24-10-8-22-19-23(30)12-17-28(22,4)26(24)13-18-27(21,25)3;1-2/h8,20-21,23-26,30H,5-7,9-19H2,1-4H3;1-2H3. The summed E-state index contributed by atoms with van der Waals surface area (Å²) < 4.78 is 0. The largest absolute Gasteiger partial charge is 0.393 e. The van der Waals surface area contributed by atoms with Gasteiger partial charge in [-0.25, -0.2) is 0 Å². The first kappa shape index (κ1) is 24.8. The van der Waals surface area contributed by atoms with E-state index in [2.05, 4.69) is 33.8 Å². The molecule has 0 aromatic rings. The van der Waals surface area contributed by atoms with Crippen LogP contribution in [0.2, 0.25) is 0 Å². The minimum Gasteiger partial charge on any atom is -0.393 e. The van der Waals surface area contributed by atoms with Gasteiger partial charge in [-0.3, -0.25) is 0 Å². The zero-order valence-electron chi connectivity index (χ0n) is 22.4. The second kappa shape index (κ2) is 9.39. The monoisotopic (exact) mass is 442 g/mol. The third-order valence-corrected chi connectivity index (χ3v) is 12.1. The lowest BCUT2D eigenvalue weighted by molar-refractivity contribution is -0.0517. The molecule has 5 rings (SSSR count). The van der Waals surface area contributed by atoms with E-state index in [0.29, 0.717) is 16.2 Å². The maximum absolute atomic E-state index is 10.2. The lowest BCUT2D eigenvalue weighted by Crippen LogP contribution is -2.50. The molecule has 0 radical (unpaired) electrons. The Morgan fingerprint density at radius 1 is 0.969 bits per heavy atom. The van der Waals surface area contributed by atoms with Gasteiger partial charge in [-0.2, -0.15) is 0 Å². The van der Waals surface area contributed by atoms with Crippen LogP contribution in [0.1, 0.15) is 131 Å². The van der Waals surface area contributed by atoms with Crippen LogP contribution in [0.3, 0.4) is 0 Å². The molecule has 4 saturated carbocycles. The van der Waals surface area contributed by atoms with Gasteiger partial charge in [-0.15, -0.1) is 0 Å². The van der Waals surface area contributed by atoms with Crippen LogP contribution in [0.15, 0.2) is 11.6 Å². The van der Waals surface area contributed by atoms with Crippen molar-refractivity contribution in [1.82, 2.24) is 0 Å². The van der Waals surface area contributed by atoms with Crippen LogP contribution < -0.4 is 0 Å². The summed E-state index contributed by atoms with van der Waals surface area (Å²) in [4.78, 5) is 0. The Bertz CT molecular complexity index is 672. The third kappa shape index (κ3) is 3.95. The fraction of sp³-hybridized carbons (Fsp3) is 0.935. The second-order valence-electron chi connectivity index (χ2n) is 13.2. The van der Waals surface area contributed by atoms with E-state index in [-0.39, 0.29) is 6.10 Å². The van der Waals surface area contributed by atoms with Gasteiger partial charge < -0.3 is 5.11 Å². The second-order valence-corrected chi connectivity index (χ2v) is 13.2. The predicted molar refractivity (Wildman–Crippen MR) is 138 cm³/mol. The smallest absolute Gasteiger partial charge is 0.0577 e. The van der Waals surface area contributed by atoms with E-state index < -0.39 is 0 Å². The summed E-state index contributed by atoms with van der Waals surface area (Å²) in [5.74, 6) is 4.64. The minimum absolute atomic E-state index is 0.0737. The van der Waals surface area contributed by atoms with Gasteiger partial charge in [-0.05, 0) is 123 Å². The molecule has 4 fully saturated rings. The Kier molecular flexibility index (Phi) is 7.28. The highest BCUT2D eigenvalue weighted by Gasteiger charge is 2.58. The van der Waals surface area contributed by atoms with Crippen molar-refractivity contribution in [3.8, 4) is 0 Å². The van der Waals surface area contributed by atoms with E-state index in [4.69, 9.17) is 0 Å². The van der Waals surface area contributed by atoms with Crippen molar-refractivity contribution in [2.45, 2.75) is 138 Å². The highest BCUT2D eigenvalue weighted by Crippen LogP contribution is 2.67. The molecule has 0 saturated heterocycles. The lowest BCUT2D eigenvalue weighted by atomic mass is 9.47. The van der Waals surface area contributed by atoms with Crippen molar-refractivity contribution >= 4 is 0 Å². The first-order valence-corrected chi connectivity index (χ1v) is 14.7. The zero-order valence-corrected chi connectivity index (χ0v) is 22.4. The van der Waals surface area contributed by atoms with Crippen LogP contribution in [0, 0.1) is 45.8 Å². The van der Waals surface area contributed by atoms with Gasteiger partial charge in [0.05, 0.1) is 6.10 Å². The van der Waals surface area contributed by atoms with Crippen LogP contribution in [0.25, 0.3) is 0 Å². The van der Waals surface area contributed by atoms with Gasteiger partial charge in [0.2, 0.25) is 0 Å². The summed E-state index contributed by atoms with van der Waals surface area (Å²) in [6.45, 7) is 14.2. The molecule has 0 amide bonds. The van der Waals surface area contributed by atoms with E-state index in [1.54, 1.807) is 5.57 Å². The van der Waals surface area contributed by atoms with Gasteiger partial charge in [0.15, 0.2) is 0 Å². The van der Waals surface area contributed by atoms with E-state index in [0.717, 1.165) is 42.4 Å². The van der Waals surface area contributed by atoms with Crippen LogP contribution in [0.5, 0.6) is 0 Å². The molecule has 0 heterocycles. The van der Waals surface area contributed by atoms with Crippen molar-refractivity contribution in [3.63, 3.8) is 0 Å². The van der Waals surface area contributed by atoms with Gasteiger partial charge in [-0.1, -0.05) is 66.0 Å². The average Bonchev–Trinajstić information content (AvgIpc) is 3.08. The van der Waals surface area contributed by atoms with Crippen LogP contribution in [-0.4, -0.2) is 11.2 Å². The van der Waals surface area contributed by atoms with Crippen molar-refractivity contribution in [2.24, 2.45) is 45.8 Å². The fourth-order valence-corrected chi connectivity index (χ4v) is 9.67. The molecule has 0 aliphatic heterocycles. The number of rotatable bonds is 5. The third-order valence-electron chi connectivity index (χ3n) is 12.1. The normalized spacial score (nSPS) is 44.4. The van der Waals surface area contributed by atoms with Crippen LogP contribution >= 0.6 is 0 Å². The van der Waals surface area contributed by atoms with E-state index in [1.165, 1.54) is 77.0 Å². The van der Waals surface area contributed by atoms with E-state index in [9.17, 15) is 5.11 Å². The van der Waals surface area contributed by atoms with E-state index >= 15 is 0 Å². The summed E-state index contributed by atoms with van der Waals surface area (Å²) in [7, 11) is 0. The first-order chi connectivity index (χ1) is 15.3. The lowest BCUT2D eigenvalue weighted by Gasteiger charge is -2.58. The molecule has 5 aliphatic carbocycles. The van der Waals surface area contributed by atoms with Gasteiger partial charge in [0.1, 0.15) is 0 Å². The highest BCUT2D eigenvalue weighted by molar-refractivity contribution is 5.25. The molecular formula is C31H54O. The minimum atomic E-state index is -0.0737. The number of fused-ring (bicyclic) bond motifs is 5. The maximum Gasteiger partial charge on any atom is 0.0577 e. The quantitative estimate of drug-likeness (QED) is 0.421. The molecule has 32 heavy (non-hydrogen) atoms. The van der Waals surface area contributed by atoms with E-state index in [1.807, 2.05) is 13.8 Å². The Hall–Kier alpha value is -0.300. The summed E-state index contributed by atoms with van der Waals surface area (Å²) in [6.07, 6.45) is 22.0. The Morgan fingerprint density at radius 2 is 1.72 bits per heavy atom. The van der Waals surface area contributed by atoms with Crippen molar-refractivity contribution in [3.05, 3.63) is 11.6 Å². The predicted octanol–water partition coefficient (Wildman–Crippen LogP) is 8.95. The number of aliphatic hydroxyl groups excluding tert-OH is 1. The number of hydrogen-bond acceptors (Lipinski definition) is 1. The summed E-state index contributed by atoms with van der Waals surface area (Å²) in [5, 5.41) is 10.2. The molecule has 184 valence electrons. The Morgan fingerprint density at radius 3 is 2.38 bits per heavy atom. The molecule has 0 spiro atoms. The Labute approximate surface area is 200 Å². The van der Waals surface area contributed by atoms with Gasteiger partial charge in [0.25, 0.3) is 0 Å². The molecule has 0 aromatic carbocycles. The summed E-state index contributed by atoms with van der Waals surface area (Å²) >= 11 is 0. The molecule has 1 heteroatoms. The molecule has 0 bridgehead atoms. The molecule has 1 nitrogen and oxygen atoms in total. The molecule has 7 atom stereocenters. The Balaban J connectivity index is 0.00000119. The molecule has 0 aromatic heterocycles. The molecule has 1 N–H and O–H groups in total. The number of allylic oxidation sites excluding steroid dienone is 1. The van der Waals surface area contributed by atoms with Crippen molar-refractivity contribution < 1.29 is 5.11 Å². The van der Waals surface area contributed by atoms with Gasteiger partial charge in [0, 0.05) is 0 Å². The molecular weight excluding hydrogens is 388 g/mol. The van der Waals surface area contributed by atoms with Crippen LogP contribution in [0.4, 0.5) is 0 Å². The summed E-state index contributed by atoms with van der Waals surface area (Å²) in [6, 6.07) is 0. The van der Waals surface area contributed by atoms with Crippen LogP contribution in [-0.2, 0) is 0 Å². The number of aliphatic hydroxyl groups is 1. The topological polar surface area (TPSA) is 20.2 Å². The zero-order chi connectivity index (χ0) is 23.1. The van der Waals surface area contributed by atoms with Crippen molar-refractivity contribution in [2.75, 3.05) is 0 Å². The summed E-state index contributed by atoms with van der Waals surface area (Å²) in [5.41, 5.74) is 3.35. The fourth-order valence-electron chi connectivity index (χ4n) is 9.67. The van der Waals surface area contributed by atoms with Crippen molar-refractivity contribution in [1.29, 1.82) is 0 Å². The molecule has 7 unspecified atom stereocenters. The number of hydrogen-bond donors (Lipinski definition) is 1. The highest BCUT2D eigenvalue weighted by atomic mass is 16.3. The average molecular weight is 443 g/mol. The van der Waals surface area contributed by atoms with Gasteiger partial charge >= 0.3 is 0 Å². The first-order valence-electron chi connectivity index (χ1n) is 14.7.